The van der Waals surface area contributed by atoms with Gasteiger partial charge in [-0.3, -0.25) is 4.98 Å². The molecule has 0 aliphatic heterocycles. The molecule has 4 heteroatoms. The lowest BCUT2D eigenvalue weighted by atomic mass is 10.0. The van der Waals surface area contributed by atoms with Crippen molar-refractivity contribution in [3.63, 3.8) is 0 Å². The summed E-state index contributed by atoms with van der Waals surface area (Å²) >= 11 is 0. The van der Waals surface area contributed by atoms with Gasteiger partial charge in [0.2, 0.25) is 0 Å². The van der Waals surface area contributed by atoms with E-state index in [9.17, 15) is 0 Å². The summed E-state index contributed by atoms with van der Waals surface area (Å²) in [6.45, 7) is 4.34. The summed E-state index contributed by atoms with van der Waals surface area (Å²) in [4.78, 5) is 10.1. The first-order valence-electron chi connectivity index (χ1n) is 17.7. The Morgan fingerprint density at radius 1 is 0.385 bits per heavy atom. The van der Waals surface area contributed by atoms with E-state index in [1.165, 1.54) is 54.7 Å². The predicted molar refractivity (Wildman–Crippen MR) is 216 cm³/mol. The van der Waals surface area contributed by atoms with Gasteiger partial charge in [-0.2, -0.15) is 0 Å². The lowest BCUT2D eigenvalue weighted by Gasteiger charge is -2.14. The Hall–Kier alpha value is -6.78. The molecule has 10 rings (SSSR count). The van der Waals surface area contributed by atoms with E-state index in [1.807, 2.05) is 6.20 Å². The Bertz CT molecular complexity index is 2890. The number of aryl methyl sites for hydroxylation is 2. The molecule has 0 atom stereocenters. The summed E-state index contributed by atoms with van der Waals surface area (Å²) < 4.78 is 4.72. The van der Waals surface area contributed by atoms with Crippen LogP contribution in [0.15, 0.2) is 170 Å². The van der Waals surface area contributed by atoms with Gasteiger partial charge in [0.25, 0.3) is 0 Å². The van der Waals surface area contributed by atoms with Crippen LogP contribution < -0.4 is 0 Å². The van der Waals surface area contributed by atoms with Crippen LogP contribution >= 0.6 is 0 Å². The molecule has 246 valence electrons. The Labute approximate surface area is 301 Å². The molecule has 0 aliphatic carbocycles. The first-order valence-corrected chi connectivity index (χ1v) is 17.7. The fourth-order valence-electron chi connectivity index (χ4n) is 7.98. The van der Waals surface area contributed by atoms with Gasteiger partial charge in [-0.25, -0.2) is 4.98 Å². The number of hydrogen-bond acceptors (Lipinski definition) is 2. The van der Waals surface area contributed by atoms with Crippen molar-refractivity contribution >= 4 is 43.6 Å². The molecule has 0 radical (unpaired) electrons. The van der Waals surface area contributed by atoms with Crippen molar-refractivity contribution in [1.82, 2.24) is 19.1 Å². The van der Waals surface area contributed by atoms with Gasteiger partial charge in [0.15, 0.2) is 0 Å². The summed E-state index contributed by atoms with van der Waals surface area (Å²) in [6.07, 6.45) is 1.90. The minimum Gasteiger partial charge on any atom is -0.309 e. The molecule has 4 nitrogen and oxygen atoms in total. The van der Waals surface area contributed by atoms with Gasteiger partial charge in [-0.15, -0.1) is 0 Å². The number of para-hydroxylation sites is 4. The van der Waals surface area contributed by atoms with Crippen molar-refractivity contribution in [3.05, 3.63) is 181 Å². The van der Waals surface area contributed by atoms with Crippen LogP contribution in [0.5, 0.6) is 0 Å². The highest BCUT2D eigenvalue weighted by molar-refractivity contribution is 6.10. The molecular weight excluding hydrogens is 633 g/mol. The quantitative estimate of drug-likeness (QED) is 0.183. The van der Waals surface area contributed by atoms with E-state index >= 15 is 0 Å². The molecule has 4 heterocycles. The van der Waals surface area contributed by atoms with Gasteiger partial charge in [0.05, 0.1) is 39.1 Å². The molecule has 10 aromatic rings. The topological polar surface area (TPSA) is 35.6 Å². The third kappa shape index (κ3) is 4.76. The van der Waals surface area contributed by atoms with Crippen LogP contribution in [-0.2, 0) is 0 Å². The van der Waals surface area contributed by atoms with E-state index in [0.717, 1.165) is 45.1 Å². The molecule has 0 fully saturated rings. The van der Waals surface area contributed by atoms with Crippen molar-refractivity contribution in [3.8, 4) is 45.1 Å². The third-order valence-electron chi connectivity index (χ3n) is 10.5. The minimum absolute atomic E-state index is 0.920. The molecule has 6 aromatic carbocycles. The molecule has 52 heavy (non-hydrogen) atoms. The zero-order chi connectivity index (χ0) is 34.8. The van der Waals surface area contributed by atoms with Gasteiger partial charge < -0.3 is 9.13 Å². The van der Waals surface area contributed by atoms with Crippen LogP contribution in [0.1, 0.15) is 11.1 Å². The second-order valence-electron chi connectivity index (χ2n) is 13.6. The highest BCUT2D eigenvalue weighted by atomic mass is 15.0. The molecule has 0 amide bonds. The SMILES string of the molecule is Cc1ccc(-n2c3ccccc3c3ccccc32)cc1-c1cc(-c2cccc(-c3ccc(-n4c5ccccc5c5ccccc54)cc3C)n2)ccn1. The lowest BCUT2D eigenvalue weighted by molar-refractivity contribution is 1.17. The molecule has 0 aliphatic rings. The third-order valence-corrected chi connectivity index (χ3v) is 10.5. The lowest BCUT2D eigenvalue weighted by Crippen LogP contribution is -1.97. The van der Waals surface area contributed by atoms with Crippen LogP contribution in [0.4, 0.5) is 0 Å². The number of benzene rings is 6. The second kappa shape index (κ2) is 11.9. The van der Waals surface area contributed by atoms with Gasteiger partial charge in [0.1, 0.15) is 0 Å². The molecule has 0 bridgehead atoms. The average molecular weight is 667 g/mol. The number of pyridine rings is 2. The first kappa shape index (κ1) is 30.1. The van der Waals surface area contributed by atoms with Crippen LogP contribution in [0.25, 0.3) is 88.8 Å². The smallest absolute Gasteiger partial charge is 0.0712 e. The summed E-state index contributed by atoms with van der Waals surface area (Å²) in [5, 5.41) is 5.03. The average Bonchev–Trinajstić information content (AvgIpc) is 3.71. The maximum absolute atomic E-state index is 5.21. The normalized spacial score (nSPS) is 11.7. The minimum atomic E-state index is 0.920. The Morgan fingerprint density at radius 2 is 0.904 bits per heavy atom. The van der Waals surface area contributed by atoms with Gasteiger partial charge >= 0.3 is 0 Å². The van der Waals surface area contributed by atoms with Crippen molar-refractivity contribution in [2.45, 2.75) is 13.8 Å². The Morgan fingerprint density at radius 3 is 1.48 bits per heavy atom. The van der Waals surface area contributed by atoms with E-state index in [4.69, 9.17) is 9.97 Å². The van der Waals surface area contributed by atoms with E-state index in [-0.39, 0.29) is 0 Å². The Balaban J connectivity index is 1.02. The van der Waals surface area contributed by atoms with Gasteiger partial charge in [-0.05, 0) is 97.8 Å². The van der Waals surface area contributed by atoms with Crippen LogP contribution in [-0.4, -0.2) is 19.1 Å². The highest BCUT2D eigenvalue weighted by Gasteiger charge is 2.16. The fraction of sp³-hybridized carbons (Fsp3) is 0.0417. The zero-order valence-electron chi connectivity index (χ0n) is 29.0. The monoisotopic (exact) mass is 666 g/mol. The summed E-state index contributed by atoms with van der Waals surface area (Å²) in [6, 6.07) is 58.4. The fourth-order valence-corrected chi connectivity index (χ4v) is 7.98. The van der Waals surface area contributed by atoms with Crippen molar-refractivity contribution in [2.75, 3.05) is 0 Å². The predicted octanol–water partition coefficient (Wildman–Crippen LogP) is 12.3. The number of rotatable bonds is 5. The van der Waals surface area contributed by atoms with Gasteiger partial charge in [-0.1, -0.05) is 91.0 Å². The first-order chi connectivity index (χ1) is 25.6. The number of nitrogens with zero attached hydrogens (tertiary/aromatic N) is 4. The van der Waals surface area contributed by atoms with Crippen molar-refractivity contribution in [2.24, 2.45) is 0 Å². The Kier molecular flexibility index (Phi) is 6.90. The van der Waals surface area contributed by atoms with Gasteiger partial charge in [0, 0.05) is 55.8 Å². The standard InChI is InChI=1S/C48H34N4/c1-31-22-23-35(52-47-20-9-5-14-39(47)40-15-6-10-21-48(40)52)30-41(31)44-29-33(26-27-49-44)42-16-11-17-43(50-42)36-25-24-34(28-32(36)2)51-45-18-7-3-12-37(45)38-13-4-8-19-46(38)51/h3-30H,1-2H3. The molecule has 0 saturated heterocycles. The highest BCUT2D eigenvalue weighted by Crippen LogP contribution is 2.36. The number of hydrogen-bond donors (Lipinski definition) is 0. The molecule has 0 unspecified atom stereocenters. The summed E-state index contributed by atoms with van der Waals surface area (Å²) in [7, 11) is 0. The zero-order valence-corrected chi connectivity index (χ0v) is 29.0. The summed E-state index contributed by atoms with van der Waals surface area (Å²) in [5.74, 6) is 0. The number of aromatic nitrogens is 4. The second-order valence-corrected chi connectivity index (χ2v) is 13.6. The number of fused-ring (bicyclic) bond motifs is 6. The van der Waals surface area contributed by atoms with E-state index in [0.29, 0.717) is 0 Å². The molecule has 0 saturated carbocycles. The van der Waals surface area contributed by atoms with Crippen LogP contribution in [0, 0.1) is 13.8 Å². The van der Waals surface area contributed by atoms with Crippen LogP contribution in [0.3, 0.4) is 0 Å². The van der Waals surface area contributed by atoms with E-state index in [2.05, 4.69) is 187 Å². The molecule has 0 N–H and O–H groups in total. The van der Waals surface area contributed by atoms with E-state index < -0.39 is 0 Å². The molecular formula is C48H34N4. The maximum atomic E-state index is 5.21. The largest absolute Gasteiger partial charge is 0.309 e. The van der Waals surface area contributed by atoms with Crippen molar-refractivity contribution < 1.29 is 0 Å². The van der Waals surface area contributed by atoms with E-state index in [1.54, 1.807) is 0 Å². The summed E-state index contributed by atoms with van der Waals surface area (Å²) in [5.41, 5.74) is 15.5. The van der Waals surface area contributed by atoms with Crippen LogP contribution in [0.2, 0.25) is 0 Å². The molecule has 0 spiro atoms. The maximum Gasteiger partial charge on any atom is 0.0712 e. The molecule has 4 aromatic heterocycles. The van der Waals surface area contributed by atoms with Crippen molar-refractivity contribution in [1.29, 1.82) is 0 Å².